The molecular weight excluding hydrogens is 450 g/mol. The molecule has 4 rings (SSSR count). The quantitative estimate of drug-likeness (QED) is 0.542. The number of carbonyl (C=O) groups excluding carboxylic acids is 1. The summed E-state index contributed by atoms with van der Waals surface area (Å²) < 4.78 is 28.0. The van der Waals surface area contributed by atoms with Gasteiger partial charge in [0.2, 0.25) is 10.0 Å². The van der Waals surface area contributed by atoms with Gasteiger partial charge in [0.25, 0.3) is 0 Å². The number of amides is 2. The van der Waals surface area contributed by atoms with Crippen LogP contribution in [-0.2, 0) is 23.1 Å². The van der Waals surface area contributed by atoms with Crippen molar-refractivity contribution in [2.45, 2.75) is 24.4 Å². The Morgan fingerprint density at radius 3 is 2.38 bits per heavy atom. The van der Waals surface area contributed by atoms with Crippen LogP contribution in [0, 0.1) is 0 Å². The predicted molar refractivity (Wildman–Crippen MR) is 132 cm³/mol. The van der Waals surface area contributed by atoms with Crippen LogP contribution >= 0.6 is 0 Å². The van der Waals surface area contributed by atoms with Crippen LogP contribution < -0.4 is 10.6 Å². The topological polar surface area (TPSA) is 94.6 Å². The van der Waals surface area contributed by atoms with E-state index in [0.717, 1.165) is 25.1 Å². The van der Waals surface area contributed by atoms with E-state index in [2.05, 4.69) is 32.7 Å². The molecule has 178 valence electrons. The summed E-state index contributed by atoms with van der Waals surface area (Å²) in [6.45, 7) is 3.65. The molecule has 1 aromatic heterocycles. The van der Waals surface area contributed by atoms with Crippen LogP contribution in [-0.4, -0.2) is 54.8 Å². The highest BCUT2D eigenvalue weighted by Crippen LogP contribution is 2.20. The number of nitrogens with one attached hydrogen (secondary N) is 2. The van der Waals surface area contributed by atoms with Gasteiger partial charge in [-0.2, -0.15) is 4.31 Å². The number of nitrogens with zero attached hydrogens (tertiary/aromatic N) is 3. The molecule has 1 aliphatic heterocycles. The summed E-state index contributed by atoms with van der Waals surface area (Å²) in [5.41, 5.74) is 2.64. The molecule has 1 saturated heterocycles. The van der Waals surface area contributed by atoms with Crippen LogP contribution in [0.15, 0.2) is 84.0 Å². The zero-order chi connectivity index (χ0) is 23.8. The second-order valence-electron chi connectivity index (χ2n) is 8.21. The molecule has 2 aromatic carbocycles. The van der Waals surface area contributed by atoms with E-state index in [9.17, 15) is 13.2 Å². The molecule has 1 fully saturated rings. The summed E-state index contributed by atoms with van der Waals surface area (Å²) in [4.78, 5) is 18.7. The normalized spacial score (nSPS) is 15.4. The first-order chi connectivity index (χ1) is 16.5. The number of carbonyl (C=O) groups is 1. The molecule has 3 aromatic rings. The molecule has 9 heteroatoms. The third kappa shape index (κ3) is 6.40. The fourth-order valence-electron chi connectivity index (χ4n) is 3.91. The summed E-state index contributed by atoms with van der Waals surface area (Å²) in [5, 5.41) is 5.47. The zero-order valence-corrected chi connectivity index (χ0v) is 19.7. The van der Waals surface area contributed by atoms with Crippen molar-refractivity contribution >= 4 is 21.7 Å². The fraction of sp³-hybridized carbons (Fsp3) is 0.280. The van der Waals surface area contributed by atoms with Crippen molar-refractivity contribution in [2.24, 2.45) is 0 Å². The van der Waals surface area contributed by atoms with Crippen molar-refractivity contribution in [3.8, 4) is 0 Å². The summed E-state index contributed by atoms with van der Waals surface area (Å²) in [7, 11) is -3.60. The number of sulfonamides is 1. The van der Waals surface area contributed by atoms with Gasteiger partial charge in [-0.3, -0.25) is 9.88 Å². The summed E-state index contributed by atoms with van der Waals surface area (Å²) >= 11 is 0. The van der Waals surface area contributed by atoms with Crippen LogP contribution in [0.2, 0.25) is 0 Å². The third-order valence-corrected chi connectivity index (χ3v) is 7.64. The largest absolute Gasteiger partial charge is 0.334 e. The van der Waals surface area contributed by atoms with Crippen molar-refractivity contribution < 1.29 is 13.2 Å². The van der Waals surface area contributed by atoms with Crippen LogP contribution in [0.1, 0.15) is 17.5 Å². The first-order valence-corrected chi connectivity index (χ1v) is 12.7. The van der Waals surface area contributed by atoms with Crippen molar-refractivity contribution in [3.05, 3.63) is 90.3 Å². The average molecular weight is 480 g/mol. The van der Waals surface area contributed by atoms with Crippen LogP contribution in [0.4, 0.5) is 10.5 Å². The highest BCUT2D eigenvalue weighted by molar-refractivity contribution is 7.89. The molecule has 0 saturated carbocycles. The molecule has 0 radical (unpaired) electrons. The molecule has 2 N–H and O–H groups in total. The molecule has 0 atom stereocenters. The number of anilines is 1. The number of urea groups is 1. The molecule has 0 aliphatic carbocycles. The predicted octanol–water partition coefficient (Wildman–Crippen LogP) is 3.30. The molecule has 1 aliphatic rings. The molecule has 0 unspecified atom stereocenters. The number of aromatic nitrogens is 1. The Balaban J connectivity index is 1.31. The average Bonchev–Trinajstić information content (AvgIpc) is 3.10. The van der Waals surface area contributed by atoms with Crippen LogP contribution in [0.25, 0.3) is 0 Å². The molecule has 8 nitrogen and oxygen atoms in total. The Kier molecular flexibility index (Phi) is 7.89. The van der Waals surface area contributed by atoms with Crippen LogP contribution in [0.5, 0.6) is 0 Å². The Hall–Kier alpha value is -3.27. The fourth-order valence-corrected chi connectivity index (χ4v) is 5.38. The Morgan fingerprint density at radius 1 is 0.882 bits per heavy atom. The van der Waals surface area contributed by atoms with Gasteiger partial charge < -0.3 is 10.6 Å². The van der Waals surface area contributed by atoms with Gasteiger partial charge in [-0.1, -0.05) is 36.4 Å². The van der Waals surface area contributed by atoms with Gasteiger partial charge in [0, 0.05) is 50.8 Å². The number of pyridine rings is 1. The maximum atomic E-state index is 13.2. The number of benzene rings is 2. The lowest BCUT2D eigenvalue weighted by atomic mass is 10.2. The van der Waals surface area contributed by atoms with Gasteiger partial charge in [0.05, 0.1) is 4.90 Å². The SMILES string of the molecule is O=C(NCc1cccnc1)Nc1ccc(S(=O)(=O)N2CCCN(Cc3ccccc3)CC2)cc1. The van der Waals surface area contributed by atoms with Crippen LogP contribution in [0.3, 0.4) is 0 Å². The number of rotatable bonds is 7. The van der Waals surface area contributed by atoms with Gasteiger partial charge in [-0.25, -0.2) is 13.2 Å². The maximum Gasteiger partial charge on any atom is 0.319 e. The third-order valence-electron chi connectivity index (χ3n) is 5.72. The smallest absolute Gasteiger partial charge is 0.319 e. The van der Waals surface area contributed by atoms with Crippen molar-refractivity contribution in [1.82, 2.24) is 19.5 Å². The molecular formula is C25H29N5O3S. The second-order valence-corrected chi connectivity index (χ2v) is 10.2. The highest BCUT2D eigenvalue weighted by atomic mass is 32.2. The standard InChI is InChI=1S/C25H29N5O3S/c31-25(27-19-22-8-4-13-26-18-22)28-23-9-11-24(12-10-23)34(32,33)30-15-5-14-29(16-17-30)20-21-6-2-1-3-7-21/h1-4,6-13,18H,5,14-17,19-20H2,(H2,27,28,31). The lowest BCUT2D eigenvalue weighted by Gasteiger charge is -2.22. The molecule has 0 bridgehead atoms. The monoisotopic (exact) mass is 479 g/mol. The van der Waals surface area contributed by atoms with Gasteiger partial charge in [0.1, 0.15) is 0 Å². The minimum absolute atomic E-state index is 0.227. The van der Waals surface area contributed by atoms with E-state index in [1.807, 2.05) is 24.3 Å². The molecule has 2 heterocycles. The first kappa shape index (κ1) is 23.9. The second kappa shape index (κ2) is 11.2. The Bertz CT molecular complexity index is 1170. The van der Waals surface area contributed by atoms with Gasteiger partial charge >= 0.3 is 6.03 Å². The van der Waals surface area contributed by atoms with E-state index in [0.29, 0.717) is 31.9 Å². The van der Waals surface area contributed by atoms with Gasteiger partial charge in [-0.15, -0.1) is 0 Å². The lowest BCUT2D eigenvalue weighted by Crippen LogP contribution is -2.35. The van der Waals surface area contributed by atoms with E-state index in [1.54, 1.807) is 47.0 Å². The minimum atomic E-state index is -3.60. The first-order valence-electron chi connectivity index (χ1n) is 11.3. The van der Waals surface area contributed by atoms with Crippen molar-refractivity contribution in [3.63, 3.8) is 0 Å². The van der Waals surface area contributed by atoms with E-state index < -0.39 is 10.0 Å². The van der Waals surface area contributed by atoms with Gasteiger partial charge in [0.15, 0.2) is 0 Å². The molecule has 0 spiro atoms. The summed E-state index contributed by atoms with van der Waals surface area (Å²) in [5.74, 6) is 0. The summed E-state index contributed by atoms with van der Waals surface area (Å²) in [6.07, 6.45) is 4.14. The van der Waals surface area contributed by atoms with E-state index in [-0.39, 0.29) is 10.9 Å². The van der Waals surface area contributed by atoms with Gasteiger partial charge in [-0.05, 0) is 54.4 Å². The van der Waals surface area contributed by atoms with E-state index in [4.69, 9.17) is 0 Å². The lowest BCUT2D eigenvalue weighted by molar-refractivity contribution is 0.251. The maximum absolute atomic E-state index is 13.2. The Labute approximate surface area is 200 Å². The van der Waals surface area contributed by atoms with E-state index in [1.165, 1.54) is 5.56 Å². The number of hydrogen-bond acceptors (Lipinski definition) is 5. The van der Waals surface area contributed by atoms with Crippen molar-refractivity contribution in [1.29, 1.82) is 0 Å². The molecule has 34 heavy (non-hydrogen) atoms. The molecule has 2 amide bonds. The highest BCUT2D eigenvalue weighted by Gasteiger charge is 2.27. The summed E-state index contributed by atoms with van der Waals surface area (Å²) in [6, 6.07) is 19.8. The zero-order valence-electron chi connectivity index (χ0n) is 18.9. The number of hydrogen-bond donors (Lipinski definition) is 2. The Morgan fingerprint density at radius 2 is 1.65 bits per heavy atom. The minimum Gasteiger partial charge on any atom is -0.334 e. The van der Waals surface area contributed by atoms with E-state index >= 15 is 0 Å². The van der Waals surface area contributed by atoms with Crippen molar-refractivity contribution in [2.75, 3.05) is 31.5 Å².